The van der Waals surface area contributed by atoms with Gasteiger partial charge < -0.3 is 14.8 Å². The Morgan fingerprint density at radius 3 is 2.72 bits per heavy atom. The smallest absolute Gasteiger partial charge is 0.318 e. The molecule has 0 spiro atoms. The van der Waals surface area contributed by atoms with Gasteiger partial charge in [-0.15, -0.1) is 0 Å². The fraction of sp³-hybridized carbons (Fsp3) is 0.348. The monoisotopic (exact) mass is 391 g/mol. The minimum atomic E-state index is -0.106. The summed E-state index contributed by atoms with van der Waals surface area (Å²) < 4.78 is 2.11. The molecular weight excluding hydrogens is 362 g/mol. The van der Waals surface area contributed by atoms with Gasteiger partial charge in [-0.3, -0.25) is 4.98 Å². The number of aryl methyl sites for hydroxylation is 2. The van der Waals surface area contributed by atoms with Crippen molar-refractivity contribution in [3.63, 3.8) is 0 Å². The van der Waals surface area contributed by atoms with E-state index in [0.717, 1.165) is 17.9 Å². The molecule has 0 saturated heterocycles. The topological polar surface area (TPSA) is 63.1 Å². The Hall–Kier alpha value is -3.15. The van der Waals surface area contributed by atoms with Crippen molar-refractivity contribution in [2.24, 2.45) is 0 Å². The minimum Gasteiger partial charge on any atom is -0.336 e. The van der Waals surface area contributed by atoms with Gasteiger partial charge >= 0.3 is 6.03 Å². The lowest BCUT2D eigenvalue weighted by molar-refractivity contribution is 0.187. The maximum atomic E-state index is 12.8. The van der Waals surface area contributed by atoms with Crippen molar-refractivity contribution in [3.05, 3.63) is 83.2 Å². The highest BCUT2D eigenvalue weighted by molar-refractivity contribution is 5.74. The molecule has 152 valence electrons. The van der Waals surface area contributed by atoms with Crippen LogP contribution < -0.4 is 5.32 Å². The number of hydrogen-bond donors (Lipinski definition) is 1. The van der Waals surface area contributed by atoms with Crippen LogP contribution in [0.15, 0.2) is 55.1 Å². The molecule has 0 unspecified atom stereocenters. The molecule has 1 N–H and O–H groups in total. The first-order valence-corrected chi connectivity index (χ1v) is 9.93. The van der Waals surface area contributed by atoms with Crippen LogP contribution in [0.4, 0.5) is 4.79 Å². The maximum absolute atomic E-state index is 12.8. The number of urea groups is 1. The van der Waals surface area contributed by atoms with Crippen LogP contribution in [0.1, 0.15) is 41.9 Å². The van der Waals surface area contributed by atoms with Gasteiger partial charge in [-0.2, -0.15) is 0 Å². The SMILES string of the molecule is Cc1ccc(C)c(Cn2ccnc2CN(Cc2cccnc2)C(=O)NC(C)C)c1. The first-order valence-electron chi connectivity index (χ1n) is 9.93. The molecule has 0 radical (unpaired) electrons. The molecule has 2 heterocycles. The summed E-state index contributed by atoms with van der Waals surface area (Å²) in [5.74, 6) is 0.855. The summed E-state index contributed by atoms with van der Waals surface area (Å²) in [6, 6.07) is 10.3. The maximum Gasteiger partial charge on any atom is 0.318 e. The van der Waals surface area contributed by atoms with E-state index < -0.39 is 0 Å². The molecule has 0 bridgehead atoms. The Labute approximate surface area is 172 Å². The number of pyridine rings is 1. The van der Waals surface area contributed by atoms with E-state index in [1.807, 2.05) is 32.2 Å². The third kappa shape index (κ3) is 5.67. The van der Waals surface area contributed by atoms with E-state index >= 15 is 0 Å². The van der Waals surface area contributed by atoms with Crippen LogP contribution in [-0.2, 0) is 19.6 Å². The van der Waals surface area contributed by atoms with E-state index in [1.54, 1.807) is 23.5 Å². The van der Waals surface area contributed by atoms with Gasteiger partial charge in [0.2, 0.25) is 0 Å². The number of nitrogens with one attached hydrogen (secondary N) is 1. The standard InChI is InChI=1S/C23H29N5O/c1-17(2)26-23(29)28(14-20-6-5-9-24-13-20)16-22-25-10-11-27(22)15-21-12-18(3)7-8-19(21)4/h5-13,17H,14-16H2,1-4H3,(H,26,29). The van der Waals surface area contributed by atoms with E-state index in [9.17, 15) is 4.79 Å². The third-order valence-corrected chi connectivity index (χ3v) is 4.77. The second kappa shape index (κ2) is 9.37. The van der Waals surface area contributed by atoms with E-state index in [4.69, 9.17) is 0 Å². The van der Waals surface area contributed by atoms with Gasteiger partial charge in [0.25, 0.3) is 0 Å². The number of rotatable bonds is 7. The second-order valence-corrected chi connectivity index (χ2v) is 7.72. The number of nitrogens with zero attached hydrogens (tertiary/aromatic N) is 4. The molecule has 1 aromatic carbocycles. The van der Waals surface area contributed by atoms with E-state index in [0.29, 0.717) is 13.1 Å². The predicted octanol–water partition coefficient (Wildman–Crippen LogP) is 4.06. The Balaban J connectivity index is 1.81. The molecule has 0 fully saturated rings. The van der Waals surface area contributed by atoms with Crippen molar-refractivity contribution < 1.29 is 4.79 Å². The van der Waals surface area contributed by atoms with Gasteiger partial charge in [-0.05, 0) is 50.5 Å². The fourth-order valence-corrected chi connectivity index (χ4v) is 3.21. The summed E-state index contributed by atoms with van der Waals surface area (Å²) in [4.78, 5) is 23.3. The zero-order valence-electron chi connectivity index (χ0n) is 17.6. The highest BCUT2D eigenvalue weighted by atomic mass is 16.2. The molecule has 2 aromatic heterocycles. The average molecular weight is 392 g/mol. The molecular formula is C23H29N5O. The molecule has 0 aliphatic carbocycles. The Kier molecular flexibility index (Phi) is 6.65. The molecule has 0 aliphatic rings. The normalized spacial score (nSPS) is 10.9. The zero-order chi connectivity index (χ0) is 20.8. The van der Waals surface area contributed by atoms with Crippen LogP contribution >= 0.6 is 0 Å². The van der Waals surface area contributed by atoms with Crippen molar-refractivity contribution in [2.75, 3.05) is 0 Å². The first-order chi connectivity index (χ1) is 13.9. The molecule has 3 aromatic rings. The summed E-state index contributed by atoms with van der Waals surface area (Å²) in [5, 5.41) is 2.99. The Morgan fingerprint density at radius 2 is 2.00 bits per heavy atom. The number of amides is 2. The quantitative estimate of drug-likeness (QED) is 0.660. The molecule has 29 heavy (non-hydrogen) atoms. The van der Waals surface area contributed by atoms with Crippen molar-refractivity contribution >= 4 is 6.03 Å². The van der Waals surface area contributed by atoms with Gasteiger partial charge in [0, 0.05) is 43.9 Å². The molecule has 0 aliphatic heterocycles. The van der Waals surface area contributed by atoms with Crippen LogP contribution in [0, 0.1) is 13.8 Å². The van der Waals surface area contributed by atoms with E-state index in [-0.39, 0.29) is 12.1 Å². The summed E-state index contributed by atoms with van der Waals surface area (Å²) >= 11 is 0. The van der Waals surface area contributed by atoms with Crippen molar-refractivity contribution in [1.29, 1.82) is 0 Å². The summed E-state index contributed by atoms with van der Waals surface area (Å²) in [6.07, 6.45) is 7.29. The molecule has 2 amide bonds. The van der Waals surface area contributed by atoms with Crippen molar-refractivity contribution in [3.8, 4) is 0 Å². The predicted molar refractivity (Wildman–Crippen MR) is 114 cm³/mol. The molecule has 0 saturated carbocycles. The van der Waals surface area contributed by atoms with Crippen LogP contribution in [-0.4, -0.2) is 31.5 Å². The summed E-state index contributed by atoms with van der Waals surface area (Å²) in [5.41, 5.74) is 4.73. The lowest BCUT2D eigenvalue weighted by Gasteiger charge is -2.24. The van der Waals surface area contributed by atoms with Gasteiger partial charge in [0.1, 0.15) is 5.82 Å². The van der Waals surface area contributed by atoms with Gasteiger partial charge in [0.05, 0.1) is 6.54 Å². The van der Waals surface area contributed by atoms with Gasteiger partial charge in [-0.1, -0.05) is 29.8 Å². The minimum absolute atomic E-state index is 0.0635. The number of hydrogen-bond acceptors (Lipinski definition) is 3. The van der Waals surface area contributed by atoms with Crippen LogP contribution in [0.2, 0.25) is 0 Å². The van der Waals surface area contributed by atoms with Crippen molar-refractivity contribution in [2.45, 2.75) is 53.4 Å². The Bertz CT molecular complexity index is 949. The number of aromatic nitrogens is 3. The summed E-state index contributed by atoms with van der Waals surface area (Å²) in [7, 11) is 0. The number of benzene rings is 1. The highest BCUT2D eigenvalue weighted by Crippen LogP contribution is 2.15. The Morgan fingerprint density at radius 1 is 1.17 bits per heavy atom. The first kappa shape index (κ1) is 20.6. The van der Waals surface area contributed by atoms with Crippen LogP contribution in [0.25, 0.3) is 0 Å². The average Bonchev–Trinajstić information content (AvgIpc) is 3.11. The zero-order valence-corrected chi connectivity index (χ0v) is 17.6. The number of imidazole rings is 1. The summed E-state index contributed by atoms with van der Waals surface area (Å²) in [6.45, 7) is 9.77. The molecule has 3 rings (SSSR count). The van der Waals surface area contributed by atoms with E-state index in [2.05, 4.69) is 51.9 Å². The van der Waals surface area contributed by atoms with Crippen molar-refractivity contribution in [1.82, 2.24) is 24.8 Å². The fourth-order valence-electron chi connectivity index (χ4n) is 3.21. The van der Waals surface area contributed by atoms with Gasteiger partial charge in [0.15, 0.2) is 0 Å². The lowest BCUT2D eigenvalue weighted by atomic mass is 10.1. The molecule has 6 heteroatoms. The van der Waals surface area contributed by atoms with E-state index in [1.165, 1.54) is 16.7 Å². The highest BCUT2D eigenvalue weighted by Gasteiger charge is 2.18. The van der Waals surface area contributed by atoms with Gasteiger partial charge in [-0.25, -0.2) is 9.78 Å². The lowest BCUT2D eigenvalue weighted by Crippen LogP contribution is -2.42. The second-order valence-electron chi connectivity index (χ2n) is 7.72. The molecule has 0 atom stereocenters. The largest absolute Gasteiger partial charge is 0.336 e. The van der Waals surface area contributed by atoms with Crippen LogP contribution in [0.5, 0.6) is 0 Å². The molecule has 6 nitrogen and oxygen atoms in total. The number of carbonyl (C=O) groups is 1. The van der Waals surface area contributed by atoms with Crippen LogP contribution in [0.3, 0.4) is 0 Å². The third-order valence-electron chi connectivity index (χ3n) is 4.77. The number of carbonyl (C=O) groups excluding carboxylic acids is 1.